The predicted octanol–water partition coefficient (Wildman–Crippen LogP) is 4.99. The Morgan fingerprint density at radius 2 is 2.03 bits per heavy atom. The highest BCUT2D eigenvalue weighted by atomic mass is 19.3. The van der Waals surface area contributed by atoms with E-state index < -0.39 is 12.0 Å². The lowest BCUT2D eigenvalue weighted by Gasteiger charge is -2.26. The van der Waals surface area contributed by atoms with Gasteiger partial charge in [0.25, 0.3) is 11.8 Å². The Labute approximate surface area is 187 Å². The molecule has 0 saturated carbocycles. The van der Waals surface area contributed by atoms with E-state index in [-0.39, 0.29) is 35.3 Å². The van der Waals surface area contributed by atoms with E-state index in [2.05, 4.69) is 11.4 Å². The maximum atomic E-state index is 14.3. The molecule has 1 amide bonds. The molecule has 1 heterocycles. The van der Waals surface area contributed by atoms with E-state index in [1.54, 1.807) is 0 Å². The second-order valence-corrected chi connectivity index (χ2v) is 8.00. The van der Waals surface area contributed by atoms with Crippen molar-refractivity contribution in [2.75, 3.05) is 6.54 Å². The van der Waals surface area contributed by atoms with Crippen LogP contribution < -0.4 is 10.1 Å². The standard InChI is InChI=1S/C25H30F2N2O3/c1-3-7-23(32-20-11-10-18(14-28)22(13-20)25(26,27)4-2)24(30)29-15-21-12-17-8-5-6-9-19(17)16-31-21/h5-6,8-11,13-14,21,23,28H,3-4,7,12,15-16H2,1-2H3,(H,29,30). The predicted molar refractivity (Wildman–Crippen MR) is 120 cm³/mol. The summed E-state index contributed by atoms with van der Waals surface area (Å²) in [4.78, 5) is 12.8. The average Bonchev–Trinajstić information content (AvgIpc) is 2.82. The van der Waals surface area contributed by atoms with Crippen molar-refractivity contribution >= 4 is 12.1 Å². The first-order chi connectivity index (χ1) is 15.4. The van der Waals surface area contributed by atoms with Gasteiger partial charge in [-0.1, -0.05) is 44.5 Å². The fraction of sp³-hybridized carbons (Fsp3) is 0.440. The van der Waals surface area contributed by atoms with Gasteiger partial charge in [0.15, 0.2) is 6.10 Å². The molecule has 0 radical (unpaired) electrons. The van der Waals surface area contributed by atoms with Crippen LogP contribution in [0.15, 0.2) is 42.5 Å². The number of alkyl halides is 2. The van der Waals surface area contributed by atoms with Gasteiger partial charge in [-0.2, -0.15) is 0 Å². The van der Waals surface area contributed by atoms with Crippen LogP contribution in [0.4, 0.5) is 8.78 Å². The molecule has 1 aliphatic rings. The van der Waals surface area contributed by atoms with Crippen molar-refractivity contribution in [3.63, 3.8) is 0 Å². The van der Waals surface area contributed by atoms with E-state index in [0.29, 0.717) is 26.0 Å². The van der Waals surface area contributed by atoms with E-state index >= 15 is 0 Å². The molecule has 32 heavy (non-hydrogen) atoms. The number of nitrogens with one attached hydrogen (secondary N) is 2. The molecule has 7 heteroatoms. The van der Waals surface area contributed by atoms with Gasteiger partial charge in [0.05, 0.1) is 12.7 Å². The van der Waals surface area contributed by atoms with Crippen molar-refractivity contribution in [2.45, 2.75) is 64.3 Å². The number of benzene rings is 2. The van der Waals surface area contributed by atoms with Crippen molar-refractivity contribution in [1.29, 1.82) is 5.41 Å². The summed E-state index contributed by atoms with van der Waals surface area (Å²) in [5.41, 5.74) is 2.25. The van der Waals surface area contributed by atoms with E-state index in [9.17, 15) is 13.6 Å². The molecule has 0 spiro atoms. The van der Waals surface area contributed by atoms with Crippen LogP contribution in [0.5, 0.6) is 5.75 Å². The van der Waals surface area contributed by atoms with Gasteiger partial charge in [-0.3, -0.25) is 4.79 Å². The van der Waals surface area contributed by atoms with Crippen LogP contribution in [-0.4, -0.2) is 30.9 Å². The Bertz CT molecular complexity index is 949. The summed E-state index contributed by atoms with van der Waals surface area (Å²) in [6.07, 6.45) is 1.45. The minimum atomic E-state index is -3.08. The van der Waals surface area contributed by atoms with Crippen molar-refractivity contribution < 1.29 is 23.0 Å². The number of hydrogen-bond donors (Lipinski definition) is 2. The van der Waals surface area contributed by atoms with Crippen LogP contribution in [0, 0.1) is 5.41 Å². The number of ether oxygens (including phenoxy) is 2. The molecule has 172 valence electrons. The first kappa shape index (κ1) is 23.9. The maximum absolute atomic E-state index is 14.3. The zero-order chi connectivity index (χ0) is 23.1. The molecular formula is C25H30F2N2O3. The van der Waals surface area contributed by atoms with Gasteiger partial charge in [0.1, 0.15) is 5.75 Å². The van der Waals surface area contributed by atoms with Crippen LogP contribution in [0.3, 0.4) is 0 Å². The van der Waals surface area contributed by atoms with Crippen molar-refractivity contribution in [1.82, 2.24) is 5.32 Å². The van der Waals surface area contributed by atoms with Gasteiger partial charge in [-0.05, 0) is 35.7 Å². The van der Waals surface area contributed by atoms with E-state index in [4.69, 9.17) is 14.9 Å². The smallest absolute Gasteiger partial charge is 0.273 e. The Hall–Kier alpha value is -2.80. The monoisotopic (exact) mass is 444 g/mol. The summed E-state index contributed by atoms with van der Waals surface area (Å²) < 4.78 is 40.3. The third kappa shape index (κ3) is 5.71. The molecule has 1 aliphatic heterocycles. The van der Waals surface area contributed by atoms with E-state index in [1.807, 2.05) is 25.1 Å². The normalized spacial score (nSPS) is 16.7. The summed E-state index contributed by atoms with van der Waals surface area (Å²) in [5, 5.41) is 10.3. The largest absolute Gasteiger partial charge is 0.481 e. The third-order valence-electron chi connectivity index (χ3n) is 5.68. The van der Waals surface area contributed by atoms with Crippen LogP contribution in [0.1, 0.15) is 55.4 Å². The topological polar surface area (TPSA) is 71.4 Å². The molecule has 0 fully saturated rings. The van der Waals surface area contributed by atoms with Gasteiger partial charge in [-0.15, -0.1) is 0 Å². The molecule has 5 nitrogen and oxygen atoms in total. The Kier molecular flexibility index (Phi) is 7.96. The highest BCUT2D eigenvalue weighted by Crippen LogP contribution is 2.35. The highest BCUT2D eigenvalue weighted by Gasteiger charge is 2.32. The molecule has 2 atom stereocenters. The molecule has 0 aromatic heterocycles. The Morgan fingerprint density at radius 3 is 2.72 bits per heavy atom. The zero-order valence-corrected chi connectivity index (χ0v) is 18.5. The average molecular weight is 445 g/mol. The van der Waals surface area contributed by atoms with Crippen molar-refractivity contribution in [3.05, 3.63) is 64.7 Å². The first-order valence-electron chi connectivity index (χ1n) is 11.0. The second-order valence-electron chi connectivity index (χ2n) is 8.00. The van der Waals surface area contributed by atoms with Crippen LogP contribution >= 0.6 is 0 Å². The van der Waals surface area contributed by atoms with E-state index in [0.717, 1.165) is 18.2 Å². The Balaban J connectivity index is 1.66. The molecule has 0 aliphatic carbocycles. The van der Waals surface area contributed by atoms with Gasteiger partial charge < -0.3 is 20.2 Å². The van der Waals surface area contributed by atoms with Crippen molar-refractivity contribution in [3.8, 4) is 5.75 Å². The van der Waals surface area contributed by atoms with Gasteiger partial charge >= 0.3 is 0 Å². The molecule has 0 saturated heterocycles. The Morgan fingerprint density at radius 1 is 1.28 bits per heavy atom. The second kappa shape index (κ2) is 10.7. The minimum Gasteiger partial charge on any atom is -0.481 e. The fourth-order valence-corrected chi connectivity index (χ4v) is 3.78. The number of carbonyl (C=O) groups excluding carboxylic acids is 1. The molecule has 2 N–H and O–H groups in total. The van der Waals surface area contributed by atoms with E-state index in [1.165, 1.54) is 30.7 Å². The SMILES string of the molecule is CCCC(Oc1ccc(C=N)c(C(F)(F)CC)c1)C(=O)NCC1Cc2ccccc2CO1. The lowest BCUT2D eigenvalue weighted by Crippen LogP contribution is -2.43. The first-order valence-corrected chi connectivity index (χ1v) is 11.0. The number of fused-ring (bicyclic) bond motifs is 1. The molecule has 2 aromatic carbocycles. The quantitative estimate of drug-likeness (QED) is 0.507. The molecule has 3 rings (SSSR count). The summed E-state index contributed by atoms with van der Waals surface area (Å²) >= 11 is 0. The lowest BCUT2D eigenvalue weighted by atomic mass is 9.99. The number of rotatable bonds is 10. The molecule has 0 bridgehead atoms. The number of amides is 1. The highest BCUT2D eigenvalue weighted by molar-refractivity contribution is 5.82. The summed E-state index contributed by atoms with van der Waals surface area (Å²) in [5.74, 6) is -3.19. The number of carbonyl (C=O) groups is 1. The summed E-state index contributed by atoms with van der Waals surface area (Å²) in [6.45, 7) is 4.18. The van der Waals surface area contributed by atoms with Crippen LogP contribution in [0.2, 0.25) is 0 Å². The molecule has 2 unspecified atom stereocenters. The molecule has 2 aromatic rings. The van der Waals surface area contributed by atoms with Gasteiger partial charge in [0, 0.05) is 36.7 Å². The fourth-order valence-electron chi connectivity index (χ4n) is 3.78. The minimum absolute atomic E-state index is 0.127. The number of halogens is 2. The third-order valence-corrected chi connectivity index (χ3v) is 5.68. The number of hydrogen-bond acceptors (Lipinski definition) is 4. The van der Waals surface area contributed by atoms with Crippen molar-refractivity contribution in [2.24, 2.45) is 0 Å². The van der Waals surface area contributed by atoms with Gasteiger partial charge in [0.2, 0.25) is 0 Å². The lowest BCUT2D eigenvalue weighted by molar-refractivity contribution is -0.129. The van der Waals surface area contributed by atoms with Crippen LogP contribution in [0.25, 0.3) is 0 Å². The van der Waals surface area contributed by atoms with Gasteiger partial charge in [-0.25, -0.2) is 8.78 Å². The zero-order valence-electron chi connectivity index (χ0n) is 18.5. The maximum Gasteiger partial charge on any atom is 0.273 e. The summed E-state index contributed by atoms with van der Waals surface area (Å²) in [7, 11) is 0. The summed E-state index contributed by atoms with van der Waals surface area (Å²) in [6, 6.07) is 12.3. The molecular weight excluding hydrogens is 414 g/mol. The van der Waals surface area contributed by atoms with Crippen LogP contribution in [-0.2, 0) is 28.5 Å².